The Bertz CT molecular complexity index is 464. The molecule has 0 unspecified atom stereocenters. The summed E-state index contributed by atoms with van der Waals surface area (Å²) in [5, 5.41) is 12.1. The Labute approximate surface area is 112 Å². The number of halogens is 1. The number of anilines is 1. The number of amides is 1. The van der Waals surface area contributed by atoms with Crippen LogP contribution in [0, 0.1) is 11.3 Å². The normalized spacial score (nSPS) is 9.67. The van der Waals surface area contributed by atoms with Gasteiger partial charge in [-0.05, 0) is 32.0 Å². The molecule has 0 fully saturated rings. The maximum absolute atomic E-state index is 11.8. The molecular weight excluding hydrogens is 250 g/mol. The lowest BCUT2D eigenvalue weighted by atomic mass is 10.2. The number of rotatable bonds is 5. The summed E-state index contributed by atoms with van der Waals surface area (Å²) in [7, 11) is 0. The molecule has 0 heterocycles. The van der Waals surface area contributed by atoms with E-state index in [1.165, 1.54) is 0 Å². The molecular formula is C13H16ClN3O. The SMILES string of the molecule is CCN(CC)C(=O)CNc1ccc(C#N)cc1Cl. The van der Waals surface area contributed by atoms with E-state index in [1.807, 2.05) is 19.9 Å². The zero-order valence-electron chi connectivity index (χ0n) is 10.5. The van der Waals surface area contributed by atoms with E-state index in [-0.39, 0.29) is 12.5 Å². The van der Waals surface area contributed by atoms with Gasteiger partial charge in [-0.1, -0.05) is 11.6 Å². The third-order valence-corrected chi connectivity index (χ3v) is 2.96. The van der Waals surface area contributed by atoms with Gasteiger partial charge in [-0.15, -0.1) is 0 Å². The molecule has 0 bridgehead atoms. The first-order valence-electron chi connectivity index (χ1n) is 5.83. The van der Waals surface area contributed by atoms with Gasteiger partial charge in [0.05, 0.1) is 28.9 Å². The van der Waals surface area contributed by atoms with Crippen molar-refractivity contribution in [3.63, 3.8) is 0 Å². The van der Waals surface area contributed by atoms with Crippen LogP contribution in [0.1, 0.15) is 19.4 Å². The van der Waals surface area contributed by atoms with Crippen molar-refractivity contribution in [1.29, 1.82) is 5.26 Å². The first-order valence-corrected chi connectivity index (χ1v) is 6.21. The quantitative estimate of drug-likeness (QED) is 0.890. The van der Waals surface area contributed by atoms with E-state index in [4.69, 9.17) is 16.9 Å². The Morgan fingerprint density at radius 1 is 1.44 bits per heavy atom. The lowest BCUT2D eigenvalue weighted by molar-refractivity contribution is -0.128. The van der Waals surface area contributed by atoms with Crippen LogP contribution in [-0.4, -0.2) is 30.4 Å². The van der Waals surface area contributed by atoms with Gasteiger partial charge in [-0.25, -0.2) is 0 Å². The number of benzene rings is 1. The lowest BCUT2D eigenvalue weighted by Gasteiger charge is -2.19. The van der Waals surface area contributed by atoms with Crippen LogP contribution in [0.2, 0.25) is 5.02 Å². The van der Waals surface area contributed by atoms with E-state index in [0.717, 1.165) is 0 Å². The molecule has 1 aromatic carbocycles. The van der Waals surface area contributed by atoms with Crippen LogP contribution >= 0.6 is 11.6 Å². The van der Waals surface area contributed by atoms with E-state index in [1.54, 1.807) is 23.1 Å². The Morgan fingerprint density at radius 3 is 2.61 bits per heavy atom. The van der Waals surface area contributed by atoms with Gasteiger partial charge < -0.3 is 10.2 Å². The number of carbonyl (C=O) groups is 1. The number of nitrogens with zero attached hydrogens (tertiary/aromatic N) is 2. The number of hydrogen-bond acceptors (Lipinski definition) is 3. The Hall–Kier alpha value is -1.73. The van der Waals surface area contributed by atoms with Crippen LogP contribution < -0.4 is 5.32 Å². The molecule has 0 saturated carbocycles. The molecule has 0 aliphatic heterocycles. The minimum atomic E-state index is 0.0282. The Kier molecular flexibility index (Phi) is 5.47. The van der Waals surface area contributed by atoms with Crippen molar-refractivity contribution in [2.45, 2.75) is 13.8 Å². The van der Waals surface area contributed by atoms with Crippen molar-refractivity contribution in [3.05, 3.63) is 28.8 Å². The molecule has 5 heteroatoms. The highest BCUT2D eigenvalue weighted by Gasteiger charge is 2.09. The predicted octanol–water partition coefficient (Wildman–Crippen LogP) is 2.49. The molecule has 1 amide bonds. The van der Waals surface area contributed by atoms with Gasteiger partial charge in [0, 0.05) is 13.1 Å². The summed E-state index contributed by atoms with van der Waals surface area (Å²) in [6.45, 7) is 5.47. The van der Waals surface area contributed by atoms with Gasteiger partial charge >= 0.3 is 0 Å². The van der Waals surface area contributed by atoms with E-state index in [0.29, 0.717) is 29.4 Å². The van der Waals surface area contributed by atoms with Gasteiger partial charge in [0.1, 0.15) is 0 Å². The molecule has 96 valence electrons. The highest BCUT2D eigenvalue weighted by atomic mass is 35.5. The maximum atomic E-state index is 11.8. The molecule has 1 N–H and O–H groups in total. The van der Waals surface area contributed by atoms with E-state index in [9.17, 15) is 4.79 Å². The minimum Gasteiger partial charge on any atom is -0.375 e. The van der Waals surface area contributed by atoms with E-state index < -0.39 is 0 Å². The van der Waals surface area contributed by atoms with Crippen LogP contribution in [0.25, 0.3) is 0 Å². The summed E-state index contributed by atoms with van der Waals surface area (Å²) in [6, 6.07) is 6.95. The molecule has 0 aliphatic carbocycles. The van der Waals surface area contributed by atoms with Crippen LogP contribution in [-0.2, 0) is 4.79 Å². The molecule has 4 nitrogen and oxygen atoms in total. The van der Waals surface area contributed by atoms with Gasteiger partial charge in [0.15, 0.2) is 0 Å². The van der Waals surface area contributed by atoms with Crippen LogP contribution in [0.3, 0.4) is 0 Å². The van der Waals surface area contributed by atoms with Gasteiger partial charge in [0.2, 0.25) is 5.91 Å². The van der Waals surface area contributed by atoms with Crippen LogP contribution in [0.5, 0.6) is 0 Å². The Balaban J connectivity index is 2.64. The second kappa shape index (κ2) is 6.87. The molecule has 0 atom stereocenters. The molecule has 1 aromatic rings. The monoisotopic (exact) mass is 265 g/mol. The standard InChI is InChI=1S/C13H16ClN3O/c1-3-17(4-2)13(18)9-16-12-6-5-10(8-15)7-11(12)14/h5-7,16H,3-4,9H2,1-2H3. The van der Waals surface area contributed by atoms with Crippen molar-refractivity contribution in [2.24, 2.45) is 0 Å². The third-order valence-electron chi connectivity index (χ3n) is 2.64. The molecule has 0 aromatic heterocycles. The Morgan fingerprint density at radius 2 is 2.11 bits per heavy atom. The van der Waals surface area contributed by atoms with Crippen molar-refractivity contribution < 1.29 is 4.79 Å². The molecule has 0 aliphatic rings. The second-order valence-corrected chi connectivity index (χ2v) is 4.13. The van der Waals surface area contributed by atoms with Gasteiger partial charge in [-0.2, -0.15) is 5.26 Å². The molecule has 0 radical (unpaired) electrons. The number of likely N-dealkylation sites (N-methyl/N-ethyl adjacent to an activating group) is 1. The summed E-state index contributed by atoms with van der Waals surface area (Å²) in [5.41, 5.74) is 1.16. The number of hydrogen-bond donors (Lipinski definition) is 1. The van der Waals surface area contributed by atoms with Crippen LogP contribution in [0.4, 0.5) is 5.69 Å². The van der Waals surface area contributed by atoms with Crippen LogP contribution in [0.15, 0.2) is 18.2 Å². The topological polar surface area (TPSA) is 56.1 Å². The van der Waals surface area contributed by atoms with E-state index >= 15 is 0 Å². The highest BCUT2D eigenvalue weighted by molar-refractivity contribution is 6.33. The number of nitrogens with one attached hydrogen (secondary N) is 1. The zero-order chi connectivity index (χ0) is 13.5. The summed E-state index contributed by atoms with van der Waals surface area (Å²) in [5.74, 6) is 0.0282. The first kappa shape index (κ1) is 14.3. The van der Waals surface area contributed by atoms with Gasteiger partial charge in [0.25, 0.3) is 0 Å². The van der Waals surface area contributed by atoms with E-state index in [2.05, 4.69) is 5.32 Å². The average molecular weight is 266 g/mol. The molecule has 18 heavy (non-hydrogen) atoms. The van der Waals surface area contributed by atoms with Crippen molar-refractivity contribution in [1.82, 2.24) is 4.90 Å². The highest BCUT2D eigenvalue weighted by Crippen LogP contribution is 2.22. The smallest absolute Gasteiger partial charge is 0.241 e. The lowest BCUT2D eigenvalue weighted by Crippen LogP contribution is -2.35. The average Bonchev–Trinajstić information content (AvgIpc) is 2.38. The van der Waals surface area contributed by atoms with Crippen molar-refractivity contribution in [3.8, 4) is 6.07 Å². The fraction of sp³-hybridized carbons (Fsp3) is 0.385. The second-order valence-electron chi connectivity index (χ2n) is 3.73. The van der Waals surface area contributed by atoms with Crippen molar-refractivity contribution >= 4 is 23.2 Å². The third kappa shape index (κ3) is 3.64. The van der Waals surface area contributed by atoms with Crippen molar-refractivity contribution in [2.75, 3.05) is 25.0 Å². The summed E-state index contributed by atoms with van der Waals surface area (Å²) in [4.78, 5) is 13.5. The largest absolute Gasteiger partial charge is 0.375 e. The summed E-state index contributed by atoms with van der Waals surface area (Å²) < 4.78 is 0. The molecule has 0 saturated heterocycles. The molecule has 0 spiro atoms. The van der Waals surface area contributed by atoms with Gasteiger partial charge in [-0.3, -0.25) is 4.79 Å². The minimum absolute atomic E-state index is 0.0282. The fourth-order valence-electron chi connectivity index (χ4n) is 1.59. The zero-order valence-corrected chi connectivity index (χ0v) is 11.3. The fourth-order valence-corrected chi connectivity index (χ4v) is 1.83. The first-order chi connectivity index (χ1) is 8.62. The maximum Gasteiger partial charge on any atom is 0.241 e. The summed E-state index contributed by atoms with van der Waals surface area (Å²) in [6.07, 6.45) is 0. The summed E-state index contributed by atoms with van der Waals surface area (Å²) >= 11 is 6.00. The number of nitriles is 1. The molecule has 1 rings (SSSR count). The number of carbonyl (C=O) groups excluding carboxylic acids is 1. The predicted molar refractivity (Wildman–Crippen MR) is 72.6 cm³/mol.